The van der Waals surface area contributed by atoms with Crippen molar-refractivity contribution in [3.63, 3.8) is 0 Å². The maximum Gasteiger partial charge on any atom is 0.284 e. The van der Waals surface area contributed by atoms with E-state index in [0.717, 1.165) is 23.2 Å². The lowest BCUT2D eigenvalue weighted by molar-refractivity contribution is -0.129. The van der Waals surface area contributed by atoms with E-state index < -0.39 is 42.5 Å². The Labute approximate surface area is 164 Å². The van der Waals surface area contributed by atoms with Crippen molar-refractivity contribution < 1.29 is 30.8 Å². The summed E-state index contributed by atoms with van der Waals surface area (Å²) in [6, 6.07) is 2.33. The summed E-state index contributed by atoms with van der Waals surface area (Å²) in [5.41, 5.74) is 5.05. The zero-order chi connectivity index (χ0) is 20.9. The van der Waals surface area contributed by atoms with Gasteiger partial charge in [-0.3, -0.25) is 9.59 Å². The third-order valence-corrected chi connectivity index (χ3v) is 7.78. The summed E-state index contributed by atoms with van der Waals surface area (Å²) in [5, 5.41) is -0.403. The first kappa shape index (κ1) is 22.4. The molecule has 0 spiro atoms. The molecule has 1 aromatic rings. The zero-order valence-corrected chi connectivity index (χ0v) is 17.3. The molecule has 0 unspecified atom stereocenters. The minimum Gasteiger partial charge on any atom is -0.438 e. The topological polar surface area (TPSA) is 148 Å². The fraction of sp³-hybridized carbons (Fsp3) is 0.625. The van der Waals surface area contributed by atoms with Crippen molar-refractivity contribution in [3.8, 4) is 0 Å². The van der Waals surface area contributed by atoms with E-state index in [9.17, 15) is 26.4 Å². The number of sulfonamides is 1. The Morgan fingerprint density at radius 3 is 2.25 bits per heavy atom. The summed E-state index contributed by atoms with van der Waals surface area (Å²) in [5.74, 6) is -2.26. The summed E-state index contributed by atoms with van der Waals surface area (Å²) in [7, 11) is -7.45. The van der Waals surface area contributed by atoms with Crippen molar-refractivity contribution in [2.45, 2.75) is 31.3 Å². The number of piperazine rings is 1. The molecule has 1 aliphatic heterocycles. The largest absolute Gasteiger partial charge is 0.438 e. The van der Waals surface area contributed by atoms with Crippen molar-refractivity contribution in [1.82, 2.24) is 9.21 Å². The number of rotatable bonds is 9. The molecule has 0 atom stereocenters. The summed E-state index contributed by atoms with van der Waals surface area (Å²) in [6.45, 7) is 2.10. The number of carbonyl (C=O) groups excluding carboxylic acids is 2. The van der Waals surface area contributed by atoms with Gasteiger partial charge in [0.25, 0.3) is 15.9 Å². The van der Waals surface area contributed by atoms with Crippen LogP contribution in [0.1, 0.15) is 36.7 Å². The summed E-state index contributed by atoms with van der Waals surface area (Å²) < 4.78 is 55.3. The van der Waals surface area contributed by atoms with Crippen LogP contribution >= 0.6 is 0 Å². The Balaban J connectivity index is 1.94. The van der Waals surface area contributed by atoms with E-state index in [1.54, 1.807) is 0 Å². The Morgan fingerprint density at radius 2 is 1.71 bits per heavy atom. The molecular formula is C16H25N3O7S2. The smallest absolute Gasteiger partial charge is 0.284 e. The second kappa shape index (κ2) is 9.05. The van der Waals surface area contributed by atoms with Crippen LogP contribution < -0.4 is 5.73 Å². The second-order valence-corrected chi connectivity index (χ2v) is 10.6. The minimum absolute atomic E-state index is 0.00341. The van der Waals surface area contributed by atoms with E-state index in [1.165, 1.54) is 11.0 Å². The number of sulfone groups is 1. The van der Waals surface area contributed by atoms with E-state index in [2.05, 4.69) is 0 Å². The van der Waals surface area contributed by atoms with Crippen LogP contribution in [-0.2, 0) is 24.7 Å². The number of furan rings is 1. The third kappa shape index (κ3) is 5.55. The molecule has 1 aromatic heterocycles. The molecule has 1 fully saturated rings. The molecule has 1 saturated heterocycles. The third-order valence-electron chi connectivity index (χ3n) is 4.41. The van der Waals surface area contributed by atoms with Gasteiger partial charge in [-0.2, -0.15) is 4.31 Å². The highest BCUT2D eigenvalue weighted by molar-refractivity contribution is 7.92. The van der Waals surface area contributed by atoms with Crippen molar-refractivity contribution in [2.75, 3.05) is 37.7 Å². The summed E-state index contributed by atoms with van der Waals surface area (Å²) >= 11 is 0. The molecule has 0 aromatic carbocycles. The molecule has 2 N–H and O–H groups in total. The first-order chi connectivity index (χ1) is 13.1. The number of nitrogens with two attached hydrogens (primary N) is 1. The van der Waals surface area contributed by atoms with Gasteiger partial charge in [0.1, 0.15) is 5.75 Å². The van der Waals surface area contributed by atoms with Crippen molar-refractivity contribution in [2.24, 2.45) is 5.73 Å². The van der Waals surface area contributed by atoms with E-state index in [0.29, 0.717) is 6.42 Å². The average Bonchev–Trinajstić information content (AvgIpc) is 3.13. The van der Waals surface area contributed by atoms with Crippen molar-refractivity contribution in [1.29, 1.82) is 0 Å². The Hall–Kier alpha value is -1.92. The second-order valence-electron chi connectivity index (χ2n) is 6.57. The minimum atomic E-state index is -3.97. The Morgan fingerprint density at radius 1 is 1.07 bits per heavy atom. The highest BCUT2D eigenvalue weighted by Crippen LogP contribution is 2.20. The van der Waals surface area contributed by atoms with Crippen molar-refractivity contribution >= 4 is 31.7 Å². The molecule has 12 heteroatoms. The summed E-state index contributed by atoms with van der Waals surface area (Å²) in [4.78, 5) is 24.7. The van der Waals surface area contributed by atoms with Gasteiger partial charge < -0.3 is 15.1 Å². The maximum absolute atomic E-state index is 12.6. The molecule has 10 nitrogen and oxygen atoms in total. The normalized spacial score (nSPS) is 16.2. The van der Waals surface area contributed by atoms with Gasteiger partial charge in [0.15, 0.2) is 15.6 Å². The molecule has 2 heterocycles. The predicted octanol–water partition coefficient (Wildman–Crippen LogP) is -0.184. The molecule has 2 amide bonds. The fourth-order valence-corrected chi connectivity index (χ4v) is 5.50. The van der Waals surface area contributed by atoms with Crippen LogP contribution in [0.2, 0.25) is 0 Å². The lowest BCUT2D eigenvalue weighted by Crippen LogP contribution is -2.51. The maximum atomic E-state index is 12.6. The first-order valence-corrected chi connectivity index (χ1v) is 12.2. The number of hydrogen-bond acceptors (Lipinski definition) is 7. The predicted molar refractivity (Wildman–Crippen MR) is 101 cm³/mol. The van der Waals surface area contributed by atoms with Crippen molar-refractivity contribution in [3.05, 3.63) is 17.9 Å². The highest BCUT2D eigenvalue weighted by Gasteiger charge is 2.33. The van der Waals surface area contributed by atoms with Crippen LogP contribution in [0.25, 0.3) is 0 Å². The van der Waals surface area contributed by atoms with E-state index >= 15 is 0 Å². The van der Waals surface area contributed by atoms with Gasteiger partial charge in [-0.25, -0.2) is 16.8 Å². The van der Waals surface area contributed by atoms with E-state index in [4.69, 9.17) is 10.2 Å². The van der Waals surface area contributed by atoms with Crippen LogP contribution in [0.5, 0.6) is 0 Å². The summed E-state index contributed by atoms with van der Waals surface area (Å²) in [6.07, 6.45) is 2.19. The molecule has 1 aliphatic rings. The quantitative estimate of drug-likeness (QED) is 0.529. The molecule has 0 radical (unpaired) electrons. The average molecular weight is 436 g/mol. The molecule has 2 rings (SSSR count). The molecule has 0 saturated carbocycles. The zero-order valence-electron chi connectivity index (χ0n) is 15.7. The Bertz CT molecular complexity index is 914. The highest BCUT2D eigenvalue weighted by atomic mass is 32.2. The van der Waals surface area contributed by atoms with Gasteiger partial charge in [0.05, 0.1) is 5.75 Å². The molecule has 158 valence electrons. The first-order valence-electron chi connectivity index (χ1n) is 8.95. The number of primary amides is 1. The van der Waals surface area contributed by atoms with Gasteiger partial charge in [0, 0.05) is 26.2 Å². The number of unbranched alkanes of at least 4 members (excludes halogenated alkanes) is 2. The SMILES string of the molecule is CCCCCS(=O)(=O)CC(=O)N1CCN(S(=O)(=O)c2ccc(C(N)=O)o2)CC1. The van der Waals surface area contributed by atoms with Gasteiger partial charge in [-0.15, -0.1) is 0 Å². The number of nitrogens with zero attached hydrogens (tertiary/aromatic N) is 2. The van der Waals surface area contributed by atoms with Crippen LogP contribution in [0.3, 0.4) is 0 Å². The van der Waals surface area contributed by atoms with Crippen LogP contribution in [0, 0.1) is 0 Å². The van der Waals surface area contributed by atoms with Gasteiger partial charge in [0.2, 0.25) is 11.0 Å². The van der Waals surface area contributed by atoms with Crippen LogP contribution in [0.15, 0.2) is 21.6 Å². The lowest BCUT2D eigenvalue weighted by Gasteiger charge is -2.33. The molecular weight excluding hydrogens is 410 g/mol. The van der Waals surface area contributed by atoms with Crippen LogP contribution in [-0.4, -0.2) is 75.5 Å². The van der Waals surface area contributed by atoms with Crippen LogP contribution in [0.4, 0.5) is 0 Å². The van der Waals surface area contributed by atoms with Gasteiger partial charge >= 0.3 is 0 Å². The van der Waals surface area contributed by atoms with E-state index in [1.807, 2.05) is 6.92 Å². The van der Waals surface area contributed by atoms with Gasteiger partial charge in [-0.1, -0.05) is 19.8 Å². The number of amides is 2. The fourth-order valence-electron chi connectivity index (χ4n) is 2.82. The van der Waals surface area contributed by atoms with Gasteiger partial charge in [-0.05, 0) is 18.6 Å². The molecule has 0 aliphatic carbocycles. The molecule has 28 heavy (non-hydrogen) atoms. The van der Waals surface area contributed by atoms with E-state index in [-0.39, 0.29) is 37.7 Å². The standard InChI is InChI=1S/C16H25N3O7S2/c1-2-3-4-11-27(22,23)12-14(20)18-7-9-19(10-8-18)28(24,25)15-6-5-13(26-15)16(17)21/h5-6H,2-4,7-12H2,1H3,(H2,17,21). The monoisotopic (exact) mass is 435 g/mol. The Kier molecular flexibility index (Phi) is 7.23. The number of carbonyl (C=O) groups is 2. The number of hydrogen-bond donors (Lipinski definition) is 1. The lowest BCUT2D eigenvalue weighted by atomic mass is 10.3. The molecule has 0 bridgehead atoms.